The summed E-state index contributed by atoms with van der Waals surface area (Å²) < 4.78 is 0. The van der Waals surface area contributed by atoms with Crippen LogP contribution in [0, 0.1) is 6.92 Å². The Morgan fingerprint density at radius 3 is 2.79 bits per heavy atom. The van der Waals surface area contributed by atoms with Crippen molar-refractivity contribution in [3.63, 3.8) is 0 Å². The fourth-order valence-electron chi connectivity index (χ4n) is 1.79. The normalized spacial score (nSPS) is 10.8. The molecular weight excluding hydrogens is 242 g/mol. The fraction of sp³-hybridized carbons (Fsp3) is 0.154. The Morgan fingerprint density at radius 2 is 2.00 bits per heavy atom. The summed E-state index contributed by atoms with van der Waals surface area (Å²) in [6.07, 6.45) is 1.48. The number of aromatic hydroxyl groups is 1. The third-order valence-corrected chi connectivity index (χ3v) is 2.83. The number of rotatable bonds is 3. The van der Waals surface area contributed by atoms with Crippen LogP contribution in [0.4, 0.5) is 5.95 Å². The highest BCUT2D eigenvalue weighted by molar-refractivity contribution is 5.76. The summed E-state index contributed by atoms with van der Waals surface area (Å²) in [5.74, 6) is 0.243. The number of aromatic amines is 1. The Kier molecular flexibility index (Phi) is 2.75. The summed E-state index contributed by atoms with van der Waals surface area (Å²) in [7, 11) is 0. The molecule has 0 unspecified atom stereocenters. The van der Waals surface area contributed by atoms with Crippen LogP contribution in [0.5, 0.6) is 5.88 Å². The molecule has 19 heavy (non-hydrogen) atoms. The van der Waals surface area contributed by atoms with Gasteiger partial charge in [0.2, 0.25) is 11.8 Å². The minimum absolute atomic E-state index is 0.127. The smallest absolute Gasteiger partial charge is 0.244 e. The maximum absolute atomic E-state index is 9.70. The molecule has 3 aromatic rings. The van der Waals surface area contributed by atoms with Gasteiger partial charge in [0.1, 0.15) is 0 Å². The first-order valence-electron chi connectivity index (χ1n) is 5.92. The van der Waals surface area contributed by atoms with E-state index in [0.29, 0.717) is 23.7 Å². The number of nitrogens with zero attached hydrogens (tertiary/aromatic N) is 3. The predicted molar refractivity (Wildman–Crippen MR) is 71.9 cm³/mol. The monoisotopic (exact) mass is 255 g/mol. The topological polar surface area (TPSA) is 86.7 Å². The van der Waals surface area contributed by atoms with Crippen molar-refractivity contribution in [2.45, 2.75) is 13.5 Å². The van der Waals surface area contributed by atoms with E-state index in [1.165, 1.54) is 11.9 Å². The zero-order valence-corrected chi connectivity index (χ0v) is 10.4. The van der Waals surface area contributed by atoms with Crippen molar-refractivity contribution in [2.24, 2.45) is 0 Å². The maximum atomic E-state index is 9.70. The summed E-state index contributed by atoms with van der Waals surface area (Å²) in [4.78, 5) is 15.0. The highest BCUT2D eigenvalue weighted by atomic mass is 16.3. The average molecular weight is 255 g/mol. The first kappa shape index (κ1) is 11.5. The standard InChI is InChI=1S/C13H13N5O/c1-8-2-4-9(5-3-8)6-14-13-17-11-10(12(19)18-13)15-7-16-11/h2-5,7H,6H2,1H3,(H3,14,15,16,17,18,19). The molecule has 1 aromatic carbocycles. The lowest BCUT2D eigenvalue weighted by molar-refractivity contribution is 0.459. The van der Waals surface area contributed by atoms with Crippen LogP contribution in [0.2, 0.25) is 0 Å². The summed E-state index contributed by atoms with van der Waals surface area (Å²) in [5, 5.41) is 12.8. The van der Waals surface area contributed by atoms with Crippen LogP contribution < -0.4 is 5.32 Å². The van der Waals surface area contributed by atoms with E-state index in [1.54, 1.807) is 0 Å². The predicted octanol–water partition coefficient (Wildman–Crippen LogP) is 1.98. The van der Waals surface area contributed by atoms with E-state index in [4.69, 9.17) is 0 Å². The molecule has 96 valence electrons. The van der Waals surface area contributed by atoms with Gasteiger partial charge in [0.25, 0.3) is 0 Å². The number of imidazole rings is 1. The van der Waals surface area contributed by atoms with Crippen molar-refractivity contribution in [3.8, 4) is 5.88 Å². The Morgan fingerprint density at radius 1 is 1.21 bits per heavy atom. The van der Waals surface area contributed by atoms with Gasteiger partial charge in [0.15, 0.2) is 11.2 Å². The van der Waals surface area contributed by atoms with Gasteiger partial charge in [-0.05, 0) is 12.5 Å². The number of benzene rings is 1. The van der Waals surface area contributed by atoms with E-state index in [9.17, 15) is 5.11 Å². The minimum Gasteiger partial charge on any atom is -0.492 e. The second kappa shape index (κ2) is 4.56. The van der Waals surface area contributed by atoms with Crippen molar-refractivity contribution in [2.75, 3.05) is 5.32 Å². The molecular formula is C13H13N5O. The SMILES string of the molecule is Cc1ccc(CNc2nc(O)c3nc[nH]c3n2)cc1. The van der Waals surface area contributed by atoms with Crippen molar-refractivity contribution in [3.05, 3.63) is 41.7 Å². The molecule has 6 heteroatoms. The number of fused-ring (bicyclic) bond motifs is 1. The molecule has 2 aromatic heterocycles. The molecule has 0 fully saturated rings. The summed E-state index contributed by atoms with van der Waals surface area (Å²) in [5.41, 5.74) is 3.23. The van der Waals surface area contributed by atoms with Crippen LogP contribution in [-0.2, 0) is 6.54 Å². The van der Waals surface area contributed by atoms with E-state index < -0.39 is 0 Å². The molecule has 0 radical (unpaired) electrons. The van der Waals surface area contributed by atoms with Gasteiger partial charge in [-0.15, -0.1) is 0 Å². The highest BCUT2D eigenvalue weighted by Crippen LogP contribution is 2.19. The first-order chi connectivity index (χ1) is 9.22. The fourth-order valence-corrected chi connectivity index (χ4v) is 1.79. The van der Waals surface area contributed by atoms with Crippen LogP contribution >= 0.6 is 0 Å². The van der Waals surface area contributed by atoms with Gasteiger partial charge in [-0.2, -0.15) is 9.97 Å². The van der Waals surface area contributed by atoms with Crippen LogP contribution in [0.3, 0.4) is 0 Å². The van der Waals surface area contributed by atoms with E-state index in [0.717, 1.165) is 5.56 Å². The zero-order valence-electron chi connectivity index (χ0n) is 10.4. The zero-order chi connectivity index (χ0) is 13.2. The number of hydrogen-bond donors (Lipinski definition) is 3. The van der Waals surface area contributed by atoms with Gasteiger partial charge in [-0.25, -0.2) is 4.98 Å². The Labute approximate surface area is 109 Å². The Balaban J connectivity index is 1.79. The van der Waals surface area contributed by atoms with E-state index >= 15 is 0 Å². The van der Waals surface area contributed by atoms with E-state index in [1.807, 2.05) is 31.2 Å². The molecule has 0 aliphatic rings. The lowest BCUT2D eigenvalue weighted by Crippen LogP contribution is -2.03. The van der Waals surface area contributed by atoms with Crippen molar-refractivity contribution in [1.82, 2.24) is 19.9 Å². The molecule has 2 heterocycles. The molecule has 3 N–H and O–H groups in total. The van der Waals surface area contributed by atoms with Crippen molar-refractivity contribution >= 4 is 17.1 Å². The number of anilines is 1. The molecule has 0 amide bonds. The Bertz CT molecular complexity index is 705. The quantitative estimate of drug-likeness (QED) is 0.666. The number of aryl methyl sites for hydroxylation is 1. The molecule has 0 atom stereocenters. The third kappa shape index (κ3) is 2.33. The number of nitrogens with one attached hydrogen (secondary N) is 2. The molecule has 0 bridgehead atoms. The molecule has 3 rings (SSSR count). The minimum atomic E-state index is -0.127. The van der Waals surface area contributed by atoms with Gasteiger partial charge < -0.3 is 15.4 Å². The van der Waals surface area contributed by atoms with Gasteiger partial charge in [-0.1, -0.05) is 29.8 Å². The molecule has 0 aliphatic carbocycles. The summed E-state index contributed by atoms with van der Waals surface area (Å²) in [6, 6.07) is 8.18. The largest absolute Gasteiger partial charge is 0.492 e. The van der Waals surface area contributed by atoms with E-state index in [-0.39, 0.29) is 5.88 Å². The molecule has 6 nitrogen and oxygen atoms in total. The lowest BCUT2D eigenvalue weighted by Gasteiger charge is -2.05. The molecule has 0 spiro atoms. The van der Waals surface area contributed by atoms with Crippen LogP contribution in [0.25, 0.3) is 11.2 Å². The third-order valence-electron chi connectivity index (χ3n) is 2.83. The van der Waals surface area contributed by atoms with Crippen LogP contribution in [0.1, 0.15) is 11.1 Å². The van der Waals surface area contributed by atoms with Gasteiger partial charge >= 0.3 is 0 Å². The van der Waals surface area contributed by atoms with E-state index in [2.05, 4.69) is 25.3 Å². The highest BCUT2D eigenvalue weighted by Gasteiger charge is 2.08. The second-order valence-electron chi connectivity index (χ2n) is 4.31. The van der Waals surface area contributed by atoms with Crippen molar-refractivity contribution in [1.29, 1.82) is 0 Å². The van der Waals surface area contributed by atoms with Gasteiger partial charge in [0, 0.05) is 6.54 Å². The first-order valence-corrected chi connectivity index (χ1v) is 5.92. The number of hydrogen-bond acceptors (Lipinski definition) is 5. The maximum Gasteiger partial charge on any atom is 0.244 e. The number of aromatic nitrogens is 4. The average Bonchev–Trinajstić information content (AvgIpc) is 2.87. The van der Waals surface area contributed by atoms with Crippen LogP contribution in [0.15, 0.2) is 30.6 Å². The van der Waals surface area contributed by atoms with Crippen molar-refractivity contribution < 1.29 is 5.11 Å². The molecule has 0 aliphatic heterocycles. The molecule has 0 saturated heterocycles. The van der Waals surface area contributed by atoms with Gasteiger partial charge in [-0.3, -0.25) is 0 Å². The lowest BCUT2D eigenvalue weighted by atomic mass is 10.1. The summed E-state index contributed by atoms with van der Waals surface area (Å²) in [6.45, 7) is 2.64. The van der Waals surface area contributed by atoms with Gasteiger partial charge in [0.05, 0.1) is 6.33 Å². The van der Waals surface area contributed by atoms with Crippen LogP contribution in [-0.4, -0.2) is 25.0 Å². The Hall–Kier alpha value is -2.63. The molecule has 0 saturated carbocycles. The number of H-pyrrole nitrogens is 1. The second-order valence-corrected chi connectivity index (χ2v) is 4.31. The summed E-state index contributed by atoms with van der Waals surface area (Å²) >= 11 is 0.